The molecule has 9 atom stereocenters. The maximum atomic E-state index is 10.00. The average molecular weight is 342 g/mol. The van der Waals surface area contributed by atoms with Gasteiger partial charge in [-0.1, -0.05) is 0 Å². The van der Waals surface area contributed by atoms with Gasteiger partial charge < -0.3 is 55.1 Å². The summed E-state index contributed by atoms with van der Waals surface area (Å²) in [6.45, 7) is -2.32. The summed E-state index contributed by atoms with van der Waals surface area (Å²) in [6.07, 6.45) is -12.7. The molecule has 0 aromatic rings. The Morgan fingerprint density at radius 3 is 1.87 bits per heavy atom. The molecule has 0 spiro atoms. The van der Waals surface area contributed by atoms with Gasteiger partial charge >= 0.3 is 0 Å². The normalized spacial score (nSPS) is 51.1. The Morgan fingerprint density at radius 2 is 1.39 bits per heavy atom. The minimum atomic E-state index is -2.22. The van der Waals surface area contributed by atoms with E-state index in [1.807, 2.05) is 0 Å². The zero-order valence-electron chi connectivity index (χ0n) is 12.0. The molecule has 11 heteroatoms. The van der Waals surface area contributed by atoms with Crippen LogP contribution in [0.2, 0.25) is 0 Å². The first-order chi connectivity index (χ1) is 10.8. The van der Waals surface area contributed by atoms with Crippen LogP contribution in [-0.2, 0) is 14.2 Å². The minimum absolute atomic E-state index is 0.669. The highest BCUT2D eigenvalue weighted by Crippen LogP contribution is 2.35. The van der Waals surface area contributed by atoms with Crippen LogP contribution in [0.1, 0.15) is 0 Å². The highest BCUT2D eigenvalue weighted by molar-refractivity contribution is 4.98. The molecule has 2 fully saturated rings. The molecule has 2 saturated heterocycles. The van der Waals surface area contributed by atoms with Gasteiger partial charge in [0.25, 0.3) is 0 Å². The van der Waals surface area contributed by atoms with Gasteiger partial charge in [-0.25, -0.2) is 0 Å². The summed E-state index contributed by atoms with van der Waals surface area (Å²) in [7, 11) is 0. The SMILES string of the molecule is OCC1O[C@H](O[C@]2(CO)O[C@H](CO)[C@@H](O)[C@H]2O)C(O)C(O)[C@@H]1O. The Morgan fingerprint density at radius 1 is 0.783 bits per heavy atom. The van der Waals surface area contributed by atoms with Crippen LogP contribution >= 0.6 is 0 Å². The van der Waals surface area contributed by atoms with Gasteiger partial charge in [0, 0.05) is 0 Å². The molecule has 0 aliphatic carbocycles. The molecule has 0 aromatic carbocycles. The van der Waals surface area contributed by atoms with E-state index in [9.17, 15) is 30.6 Å². The third-order valence-electron chi connectivity index (χ3n) is 4.07. The summed E-state index contributed by atoms with van der Waals surface area (Å²) in [5.74, 6) is -2.22. The van der Waals surface area contributed by atoms with Crippen molar-refractivity contribution in [3.8, 4) is 0 Å². The fraction of sp³-hybridized carbons (Fsp3) is 1.00. The number of aliphatic hydroxyl groups excluding tert-OH is 8. The second-order valence-electron chi connectivity index (χ2n) is 5.56. The van der Waals surface area contributed by atoms with Crippen LogP contribution in [0, 0.1) is 0 Å². The first-order valence-corrected chi connectivity index (χ1v) is 7.05. The molecular formula is C12H22O11. The highest BCUT2D eigenvalue weighted by Gasteiger charge is 2.58. The minimum Gasteiger partial charge on any atom is -0.394 e. The van der Waals surface area contributed by atoms with Crippen LogP contribution in [0.4, 0.5) is 0 Å². The molecule has 0 amide bonds. The van der Waals surface area contributed by atoms with Crippen LogP contribution in [0.25, 0.3) is 0 Å². The van der Waals surface area contributed by atoms with Crippen molar-refractivity contribution in [2.75, 3.05) is 19.8 Å². The number of rotatable bonds is 5. The summed E-state index contributed by atoms with van der Waals surface area (Å²) in [5.41, 5.74) is 0. The molecule has 11 nitrogen and oxygen atoms in total. The Hall–Kier alpha value is -0.440. The lowest BCUT2D eigenvalue weighted by molar-refractivity contribution is -0.383. The monoisotopic (exact) mass is 342 g/mol. The molecule has 3 unspecified atom stereocenters. The van der Waals surface area contributed by atoms with E-state index >= 15 is 0 Å². The quantitative estimate of drug-likeness (QED) is 0.238. The third-order valence-corrected chi connectivity index (χ3v) is 4.07. The van der Waals surface area contributed by atoms with Crippen molar-refractivity contribution in [3.63, 3.8) is 0 Å². The molecule has 0 bridgehead atoms. The first kappa shape index (κ1) is 18.9. The van der Waals surface area contributed by atoms with Crippen LogP contribution in [0.5, 0.6) is 0 Å². The molecule has 2 aliphatic heterocycles. The smallest absolute Gasteiger partial charge is 0.224 e. The van der Waals surface area contributed by atoms with Gasteiger partial charge in [-0.2, -0.15) is 0 Å². The van der Waals surface area contributed by atoms with Crippen LogP contribution < -0.4 is 0 Å². The van der Waals surface area contributed by atoms with Gasteiger partial charge in [0.2, 0.25) is 5.79 Å². The number of ether oxygens (including phenoxy) is 3. The van der Waals surface area contributed by atoms with E-state index in [0.717, 1.165) is 0 Å². The van der Waals surface area contributed by atoms with E-state index in [1.54, 1.807) is 0 Å². The standard InChI is InChI=1S/C12H22O11/c13-1-4-6(16)8(18)9(19)11(21-4)23-12(3-15)10(20)7(17)5(2-14)22-12/h4-11,13-20H,1-3H2/t4?,5-,6-,7-,8?,9?,10-,11-,12+/m1/s1. The maximum Gasteiger partial charge on any atom is 0.224 e. The van der Waals surface area contributed by atoms with E-state index in [2.05, 4.69) is 0 Å². The lowest BCUT2D eigenvalue weighted by atomic mass is 9.99. The average Bonchev–Trinajstić information content (AvgIpc) is 2.80. The summed E-state index contributed by atoms with van der Waals surface area (Å²) in [5, 5.41) is 76.7. The third kappa shape index (κ3) is 3.23. The molecule has 8 N–H and O–H groups in total. The second-order valence-corrected chi connectivity index (χ2v) is 5.56. The molecule has 0 aromatic heterocycles. The molecule has 0 radical (unpaired) electrons. The molecule has 2 rings (SSSR count). The summed E-state index contributed by atoms with van der Waals surface area (Å²) in [4.78, 5) is 0. The lowest BCUT2D eigenvalue weighted by Crippen LogP contribution is -2.62. The molecule has 2 aliphatic rings. The topological polar surface area (TPSA) is 190 Å². The summed E-state index contributed by atoms with van der Waals surface area (Å²) in [6, 6.07) is 0. The summed E-state index contributed by atoms with van der Waals surface area (Å²) < 4.78 is 15.4. The molecule has 0 saturated carbocycles. The van der Waals surface area contributed by atoms with Crippen molar-refractivity contribution in [2.24, 2.45) is 0 Å². The molecular weight excluding hydrogens is 320 g/mol. The van der Waals surface area contributed by atoms with Crippen LogP contribution in [0.15, 0.2) is 0 Å². The number of hydrogen-bond donors (Lipinski definition) is 8. The van der Waals surface area contributed by atoms with Crippen molar-refractivity contribution >= 4 is 0 Å². The van der Waals surface area contributed by atoms with Crippen molar-refractivity contribution in [3.05, 3.63) is 0 Å². The van der Waals surface area contributed by atoms with Gasteiger partial charge in [-0.05, 0) is 0 Å². The van der Waals surface area contributed by atoms with Crippen LogP contribution in [0.3, 0.4) is 0 Å². The Kier molecular flexibility index (Phi) is 5.92. The first-order valence-electron chi connectivity index (χ1n) is 7.05. The van der Waals surface area contributed by atoms with Gasteiger partial charge in [0.05, 0.1) is 13.2 Å². The van der Waals surface area contributed by atoms with E-state index < -0.39 is 74.6 Å². The lowest BCUT2D eigenvalue weighted by Gasteiger charge is -2.43. The largest absolute Gasteiger partial charge is 0.394 e. The number of aliphatic hydroxyl groups is 8. The number of hydrogen-bond acceptors (Lipinski definition) is 11. The Labute approximate surface area is 130 Å². The van der Waals surface area contributed by atoms with Crippen molar-refractivity contribution in [2.45, 2.75) is 54.8 Å². The highest BCUT2D eigenvalue weighted by atomic mass is 16.8. The van der Waals surface area contributed by atoms with E-state index in [0.29, 0.717) is 0 Å². The molecule has 136 valence electrons. The van der Waals surface area contributed by atoms with Crippen molar-refractivity contribution in [1.82, 2.24) is 0 Å². The maximum absolute atomic E-state index is 10.00. The van der Waals surface area contributed by atoms with E-state index in [1.165, 1.54) is 0 Å². The van der Waals surface area contributed by atoms with Gasteiger partial charge in [0.15, 0.2) is 6.29 Å². The van der Waals surface area contributed by atoms with Crippen molar-refractivity contribution < 1.29 is 55.1 Å². The zero-order chi connectivity index (χ0) is 17.4. The van der Waals surface area contributed by atoms with Gasteiger partial charge in [-0.15, -0.1) is 0 Å². The van der Waals surface area contributed by atoms with Gasteiger partial charge in [0.1, 0.15) is 49.3 Å². The van der Waals surface area contributed by atoms with E-state index in [4.69, 9.17) is 24.4 Å². The fourth-order valence-electron chi connectivity index (χ4n) is 2.63. The van der Waals surface area contributed by atoms with E-state index in [-0.39, 0.29) is 0 Å². The fourth-order valence-corrected chi connectivity index (χ4v) is 2.63. The molecule has 23 heavy (non-hydrogen) atoms. The second kappa shape index (κ2) is 7.21. The Balaban J connectivity index is 2.18. The summed E-state index contributed by atoms with van der Waals surface area (Å²) >= 11 is 0. The van der Waals surface area contributed by atoms with Crippen molar-refractivity contribution in [1.29, 1.82) is 0 Å². The predicted molar refractivity (Wildman–Crippen MR) is 68.6 cm³/mol. The van der Waals surface area contributed by atoms with Crippen LogP contribution in [-0.4, -0.2) is 115 Å². The zero-order valence-corrected chi connectivity index (χ0v) is 12.0. The Bertz CT molecular complexity index is 393. The predicted octanol–water partition coefficient (Wildman–Crippen LogP) is -5.40. The van der Waals surface area contributed by atoms with Gasteiger partial charge in [-0.3, -0.25) is 0 Å². The molecule has 2 heterocycles.